The number of aliphatic carboxylic acids is 1. The van der Waals surface area contributed by atoms with Crippen molar-refractivity contribution >= 4 is 11.9 Å². The number of carboxylic acid groups (broad SMARTS) is 1. The van der Waals surface area contributed by atoms with E-state index in [4.69, 9.17) is 5.11 Å². The molecule has 18 heavy (non-hydrogen) atoms. The fraction of sp³-hybridized carbons (Fsp3) is 0.417. The van der Waals surface area contributed by atoms with Crippen LogP contribution in [0.4, 0.5) is 0 Å². The van der Waals surface area contributed by atoms with Crippen molar-refractivity contribution in [2.24, 2.45) is 5.92 Å². The molecular weight excluding hydrogens is 236 g/mol. The van der Waals surface area contributed by atoms with Gasteiger partial charge in [-0.2, -0.15) is 4.73 Å². The molecule has 98 valence electrons. The van der Waals surface area contributed by atoms with Gasteiger partial charge in [0.2, 0.25) is 0 Å². The summed E-state index contributed by atoms with van der Waals surface area (Å²) in [5.74, 6) is -1.50. The van der Waals surface area contributed by atoms with E-state index in [1.54, 1.807) is 0 Å². The van der Waals surface area contributed by atoms with Crippen LogP contribution < -0.4 is 10.0 Å². The largest absolute Gasteiger partial charge is 0.619 e. The average molecular weight is 252 g/mol. The second-order valence-electron chi connectivity index (χ2n) is 4.45. The molecule has 1 aromatic rings. The number of hydrogen-bond donors (Lipinski definition) is 2. The zero-order valence-electron chi connectivity index (χ0n) is 10.3. The number of hydrogen-bond acceptors (Lipinski definition) is 3. The van der Waals surface area contributed by atoms with E-state index in [0.29, 0.717) is 11.2 Å². The molecule has 6 heteroatoms. The number of carbonyl (C=O) groups excluding carboxylic acids is 1. The van der Waals surface area contributed by atoms with E-state index < -0.39 is 17.9 Å². The lowest BCUT2D eigenvalue weighted by Crippen LogP contribution is -2.42. The zero-order valence-corrected chi connectivity index (χ0v) is 10.3. The maximum absolute atomic E-state index is 11.8. The lowest BCUT2D eigenvalue weighted by Gasteiger charge is -2.16. The van der Waals surface area contributed by atoms with Crippen molar-refractivity contribution in [3.8, 4) is 0 Å². The highest BCUT2D eigenvalue weighted by molar-refractivity contribution is 5.96. The fourth-order valence-corrected chi connectivity index (χ4v) is 1.52. The molecular formula is C12H16N2O4. The van der Waals surface area contributed by atoms with E-state index in [2.05, 4.69) is 5.32 Å². The molecule has 0 aliphatic heterocycles. The van der Waals surface area contributed by atoms with Crippen LogP contribution in [0.3, 0.4) is 0 Å². The minimum Gasteiger partial charge on any atom is -0.619 e. The third kappa shape index (κ3) is 4.04. The van der Waals surface area contributed by atoms with Crippen molar-refractivity contribution in [1.29, 1.82) is 0 Å². The van der Waals surface area contributed by atoms with E-state index in [1.807, 2.05) is 13.8 Å². The first kappa shape index (κ1) is 14.0. The van der Waals surface area contributed by atoms with Gasteiger partial charge in [-0.25, -0.2) is 4.79 Å². The molecule has 1 heterocycles. The van der Waals surface area contributed by atoms with E-state index in [1.165, 1.54) is 18.3 Å². The zero-order chi connectivity index (χ0) is 13.7. The van der Waals surface area contributed by atoms with Gasteiger partial charge in [0.1, 0.15) is 11.6 Å². The number of carboxylic acids is 1. The van der Waals surface area contributed by atoms with Gasteiger partial charge in [-0.05, 0) is 18.4 Å². The van der Waals surface area contributed by atoms with Crippen LogP contribution >= 0.6 is 0 Å². The Hall–Kier alpha value is -2.11. The number of amides is 1. The van der Waals surface area contributed by atoms with Crippen molar-refractivity contribution in [3.05, 3.63) is 35.3 Å². The van der Waals surface area contributed by atoms with Crippen molar-refractivity contribution in [2.45, 2.75) is 26.3 Å². The SMILES string of the molecule is CC(C)CC(NC(=O)c1ccc[n+]([O-])c1)C(=O)O. The highest BCUT2D eigenvalue weighted by Gasteiger charge is 2.22. The third-order valence-electron chi connectivity index (χ3n) is 2.35. The van der Waals surface area contributed by atoms with Crippen LogP contribution in [-0.4, -0.2) is 23.0 Å². The minimum atomic E-state index is -1.08. The monoisotopic (exact) mass is 252 g/mol. The summed E-state index contributed by atoms with van der Waals surface area (Å²) in [4.78, 5) is 22.8. The first-order chi connectivity index (χ1) is 8.40. The van der Waals surface area contributed by atoms with Gasteiger partial charge in [0, 0.05) is 6.07 Å². The molecule has 0 radical (unpaired) electrons. The van der Waals surface area contributed by atoms with Gasteiger partial charge in [0.15, 0.2) is 12.4 Å². The van der Waals surface area contributed by atoms with E-state index in [-0.39, 0.29) is 11.5 Å². The van der Waals surface area contributed by atoms with Crippen molar-refractivity contribution < 1.29 is 19.4 Å². The summed E-state index contributed by atoms with van der Waals surface area (Å²) < 4.78 is 0.493. The number of pyridine rings is 1. The highest BCUT2D eigenvalue weighted by Crippen LogP contribution is 2.06. The first-order valence-corrected chi connectivity index (χ1v) is 5.62. The van der Waals surface area contributed by atoms with Gasteiger partial charge in [0.25, 0.3) is 5.91 Å². The summed E-state index contributed by atoms with van der Waals surface area (Å²) >= 11 is 0. The van der Waals surface area contributed by atoms with Crippen LogP contribution in [0.2, 0.25) is 0 Å². The van der Waals surface area contributed by atoms with Crippen LogP contribution in [0, 0.1) is 11.1 Å². The molecule has 1 rings (SSSR count). The summed E-state index contributed by atoms with van der Waals surface area (Å²) in [7, 11) is 0. The quantitative estimate of drug-likeness (QED) is 0.591. The van der Waals surface area contributed by atoms with Crippen molar-refractivity contribution in [3.63, 3.8) is 0 Å². The first-order valence-electron chi connectivity index (χ1n) is 5.62. The molecule has 0 spiro atoms. The Morgan fingerprint density at radius 2 is 2.17 bits per heavy atom. The second-order valence-corrected chi connectivity index (χ2v) is 4.45. The van der Waals surface area contributed by atoms with E-state index >= 15 is 0 Å². The lowest BCUT2D eigenvalue weighted by atomic mass is 10.0. The molecule has 0 fully saturated rings. The molecule has 0 bridgehead atoms. The Morgan fingerprint density at radius 1 is 1.50 bits per heavy atom. The smallest absolute Gasteiger partial charge is 0.326 e. The molecule has 2 N–H and O–H groups in total. The van der Waals surface area contributed by atoms with Crippen molar-refractivity contribution in [1.82, 2.24) is 5.32 Å². The standard InChI is InChI=1S/C12H16N2O4/c1-8(2)6-10(12(16)17)13-11(15)9-4-3-5-14(18)7-9/h3-5,7-8,10H,6H2,1-2H3,(H,13,15)(H,16,17). The maximum Gasteiger partial charge on any atom is 0.326 e. The molecule has 0 aliphatic rings. The third-order valence-corrected chi connectivity index (χ3v) is 2.35. The highest BCUT2D eigenvalue weighted by atomic mass is 16.5. The number of rotatable bonds is 5. The fourth-order valence-electron chi connectivity index (χ4n) is 1.52. The van der Waals surface area contributed by atoms with Gasteiger partial charge in [-0.15, -0.1) is 0 Å². The lowest BCUT2D eigenvalue weighted by molar-refractivity contribution is -0.605. The number of nitrogens with one attached hydrogen (secondary N) is 1. The Bertz CT molecular complexity index is 445. The van der Waals surface area contributed by atoms with Crippen LogP contribution in [0.15, 0.2) is 24.5 Å². The summed E-state index contributed by atoms with van der Waals surface area (Å²) in [6.07, 6.45) is 2.69. The Labute approximate surface area is 105 Å². The number of nitrogens with zero attached hydrogens (tertiary/aromatic N) is 1. The molecule has 1 aromatic heterocycles. The van der Waals surface area contributed by atoms with Crippen molar-refractivity contribution in [2.75, 3.05) is 0 Å². The maximum atomic E-state index is 11.8. The molecule has 0 aromatic carbocycles. The normalized spacial score (nSPS) is 12.2. The van der Waals surface area contributed by atoms with Gasteiger partial charge in [0.05, 0.1) is 0 Å². The van der Waals surface area contributed by atoms with Crippen LogP contribution in [0.1, 0.15) is 30.6 Å². The summed E-state index contributed by atoms with van der Waals surface area (Å²) in [6, 6.07) is 1.94. The van der Waals surface area contributed by atoms with Gasteiger partial charge >= 0.3 is 5.97 Å². The van der Waals surface area contributed by atoms with E-state index in [0.717, 1.165) is 6.20 Å². The van der Waals surface area contributed by atoms with Gasteiger partial charge < -0.3 is 15.6 Å². The molecule has 0 saturated heterocycles. The Balaban J connectivity index is 2.75. The van der Waals surface area contributed by atoms with Crippen LogP contribution in [0.25, 0.3) is 0 Å². The molecule has 1 unspecified atom stereocenters. The molecule has 1 atom stereocenters. The van der Waals surface area contributed by atoms with E-state index in [9.17, 15) is 14.8 Å². The number of aromatic nitrogens is 1. The predicted molar refractivity (Wildman–Crippen MR) is 63.7 cm³/mol. The second kappa shape index (κ2) is 6.00. The average Bonchev–Trinajstić information content (AvgIpc) is 2.27. The minimum absolute atomic E-state index is 0.141. The number of carbonyl (C=O) groups is 2. The summed E-state index contributed by atoms with van der Waals surface area (Å²) in [5.41, 5.74) is 0.141. The van der Waals surface area contributed by atoms with Crippen LogP contribution in [0.5, 0.6) is 0 Å². The summed E-state index contributed by atoms with van der Waals surface area (Å²) in [6.45, 7) is 3.74. The predicted octanol–water partition coefficient (Wildman–Crippen LogP) is 0.549. The molecule has 0 saturated carbocycles. The molecule has 6 nitrogen and oxygen atoms in total. The molecule has 1 amide bonds. The Kier molecular flexibility index (Phi) is 4.65. The topological polar surface area (TPSA) is 93.3 Å². The summed E-state index contributed by atoms with van der Waals surface area (Å²) in [5, 5.41) is 22.4. The van der Waals surface area contributed by atoms with Gasteiger partial charge in [-0.1, -0.05) is 13.8 Å². The van der Waals surface area contributed by atoms with Crippen LogP contribution in [-0.2, 0) is 4.79 Å². The molecule has 0 aliphatic carbocycles. The van der Waals surface area contributed by atoms with Gasteiger partial charge in [-0.3, -0.25) is 4.79 Å². The Morgan fingerprint density at radius 3 is 2.67 bits per heavy atom.